The molecule has 5 nitrogen and oxygen atoms in total. The Morgan fingerprint density at radius 3 is 2.64 bits per heavy atom. The second kappa shape index (κ2) is 8.81. The van der Waals surface area contributed by atoms with Crippen molar-refractivity contribution >= 4 is 34.4 Å². The molecule has 0 bridgehead atoms. The number of hydrogen-bond donors (Lipinski definition) is 1. The van der Waals surface area contributed by atoms with Crippen LogP contribution >= 0.6 is 0 Å². The molecule has 0 aromatic heterocycles. The van der Waals surface area contributed by atoms with Crippen molar-refractivity contribution in [2.45, 2.75) is 0 Å². The molecule has 0 unspecified atom stereocenters. The highest BCUT2D eigenvalue weighted by Crippen LogP contribution is 2.22. The van der Waals surface area contributed by atoms with E-state index in [1.807, 2.05) is 36.4 Å². The molecule has 0 saturated heterocycles. The Hall–Kier alpha value is -3.67. The van der Waals surface area contributed by atoms with E-state index in [1.165, 1.54) is 25.3 Å². The molecule has 0 fully saturated rings. The second-order valence-electron chi connectivity index (χ2n) is 5.91. The quantitative estimate of drug-likeness (QED) is 0.515. The van der Waals surface area contributed by atoms with Crippen molar-refractivity contribution in [1.82, 2.24) is 0 Å². The van der Waals surface area contributed by atoms with E-state index < -0.39 is 24.3 Å². The second-order valence-corrected chi connectivity index (χ2v) is 5.91. The molecule has 3 aromatic carbocycles. The molecule has 6 heteroatoms. The standard InChI is InChI=1S/C22H18FNO4/c1-27-20-11-9-15(13-18(20)23)10-12-22(26)28-14-21(25)24-19-8-4-6-16-5-2-3-7-17(16)19/h2-13H,14H2,1H3,(H,24,25)/b12-10+. The minimum absolute atomic E-state index is 0.116. The largest absolute Gasteiger partial charge is 0.494 e. The lowest BCUT2D eigenvalue weighted by Crippen LogP contribution is -2.20. The van der Waals surface area contributed by atoms with Crippen LogP contribution in [0.1, 0.15) is 5.56 Å². The molecule has 3 rings (SSSR count). The number of carbonyl (C=O) groups is 2. The summed E-state index contributed by atoms with van der Waals surface area (Å²) in [5.74, 6) is -1.57. The van der Waals surface area contributed by atoms with Crippen molar-refractivity contribution < 1.29 is 23.5 Å². The first-order valence-corrected chi connectivity index (χ1v) is 8.53. The summed E-state index contributed by atoms with van der Waals surface area (Å²) >= 11 is 0. The van der Waals surface area contributed by atoms with Gasteiger partial charge in [0, 0.05) is 17.1 Å². The van der Waals surface area contributed by atoms with Crippen molar-refractivity contribution in [3.05, 3.63) is 78.1 Å². The van der Waals surface area contributed by atoms with Gasteiger partial charge in [0.2, 0.25) is 0 Å². The topological polar surface area (TPSA) is 64.6 Å². The zero-order valence-electron chi connectivity index (χ0n) is 15.1. The van der Waals surface area contributed by atoms with Gasteiger partial charge in [-0.05, 0) is 35.2 Å². The van der Waals surface area contributed by atoms with E-state index >= 15 is 0 Å². The van der Waals surface area contributed by atoms with E-state index in [0.717, 1.165) is 16.8 Å². The number of fused-ring (bicyclic) bond motifs is 1. The summed E-state index contributed by atoms with van der Waals surface area (Å²) in [7, 11) is 1.37. The number of anilines is 1. The third kappa shape index (κ3) is 4.73. The van der Waals surface area contributed by atoms with Gasteiger partial charge in [-0.3, -0.25) is 4.79 Å². The lowest BCUT2D eigenvalue weighted by Gasteiger charge is -2.08. The molecule has 1 amide bonds. The minimum atomic E-state index is -0.704. The number of nitrogens with one attached hydrogen (secondary N) is 1. The van der Waals surface area contributed by atoms with Gasteiger partial charge in [0.05, 0.1) is 7.11 Å². The number of methoxy groups -OCH3 is 1. The van der Waals surface area contributed by atoms with Gasteiger partial charge >= 0.3 is 5.97 Å². The monoisotopic (exact) mass is 379 g/mol. The highest BCUT2D eigenvalue weighted by Gasteiger charge is 2.08. The molecule has 142 valence electrons. The van der Waals surface area contributed by atoms with Crippen LogP contribution in [0.3, 0.4) is 0 Å². The van der Waals surface area contributed by atoms with Crippen LogP contribution in [-0.2, 0) is 14.3 Å². The van der Waals surface area contributed by atoms with E-state index in [1.54, 1.807) is 12.1 Å². The van der Waals surface area contributed by atoms with Gasteiger partial charge in [0.1, 0.15) is 0 Å². The Kier molecular flexibility index (Phi) is 6.01. The van der Waals surface area contributed by atoms with E-state index in [4.69, 9.17) is 9.47 Å². The zero-order valence-corrected chi connectivity index (χ0v) is 15.1. The molecular weight excluding hydrogens is 361 g/mol. The fraction of sp³-hybridized carbons (Fsp3) is 0.0909. The summed E-state index contributed by atoms with van der Waals surface area (Å²) in [4.78, 5) is 23.9. The van der Waals surface area contributed by atoms with Crippen LogP contribution in [0, 0.1) is 5.82 Å². The minimum Gasteiger partial charge on any atom is -0.494 e. The fourth-order valence-electron chi connectivity index (χ4n) is 2.66. The smallest absolute Gasteiger partial charge is 0.331 e. The van der Waals surface area contributed by atoms with Gasteiger partial charge in [-0.15, -0.1) is 0 Å². The van der Waals surface area contributed by atoms with Crippen molar-refractivity contribution in [1.29, 1.82) is 0 Å². The molecule has 3 aromatic rings. The average molecular weight is 379 g/mol. The maximum Gasteiger partial charge on any atom is 0.331 e. The van der Waals surface area contributed by atoms with Gasteiger partial charge in [-0.2, -0.15) is 0 Å². The Morgan fingerprint density at radius 1 is 1.07 bits per heavy atom. The van der Waals surface area contributed by atoms with Gasteiger partial charge in [0.25, 0.3) is 5.91 Å². The molecule has 0 saturated carbocycles. The summed E-state index contributed by atoms with van der Waals surface area (Å²) in [6, 6.07) is 17.5. The Bertz CT molecular complexity index is 1040. The van der Waals surface area contributed by atoms with Gasteiger partial charge < -0.3 is 14.8 Å². The third-order valence-corrected chi connectivity index (χ3v) is 4.00. The van der Waals surface area contributed by atoms with Crippen LogP contribution in [0.15, 0.2) is 66.7 Å². The van der Waals surface area contributed by atoms with E-state index in [-0.39, 0.29) is 5.75 Å². The van der Waals surface area contributed by atoms with Crippen LogP contribution < -0.4 is 10.1 Å². The first-order chi connectivity index (χ1) is 13.6. The number of benzene rings is 3. The van der Waals surface area contributed by atoms with Crippen LogP contribution in [0.4, 0.5) is 10.1 Å². The number of amides is 1. The summed E-state index contributed by atoms with van der Waals surface area (Å²) in [6.07, 6.45) is 2.53. The molecule has 1 N–H and O–H groups in total. The summed E-state index contributed by atoms with van der Waals surface area (Å²) in [5.41, 5.74) is 1.11. The van der Waals surface area contributed by atoms with Gasteiger partial charge in [-0.1, -0.05) is 42.5 Å². The maximum absolute atomic E-state index is 13.6. The average Bonchev–Trinajstić information content (AvgIpc) is 2.71. The molecule has 0 aliphatic rings. The Morgan fingerprint density at radius 2 is 1.86 bits per heavy atom. The van der Waals surface area contributed by atoms with Gasteiger partial charge in [0.15, 0.2) is 18.2 Å². The zero-order chi connectivity index (χ0) is 19.9. The highest BCUT2D eigenvalue weighted by atomic mass is 19.1. The maximum atomic E-state index is 13.6. The summed E-state index contributed by atoms with van der Waals surface area (Å²) in [6.45, 7) is -0.427. The number of hydrogen-bond acceptors (Lipinski definition) is 4. The number of esters is 1. The lowest BCUT2D eigenvalue weighted by molar-refractivity contribution is -0.142. The lowest BCUT2D eigenvalue weighted by atomic mass is 10.1. The normalized spacial score (nSPS) is 10.8. The molecule has 0 radical (unpaired) electrons. The molecule has 0 heterocycles. The fourth-order valence-corrected chi connectivity index (χ4v) is 2.66. The molecule has 28 heavy (non-hydrogen) atoms. The Balaban J connectivity index is 1.55. The van der Waals surface area contributed by atoms with Crippen molar-refractivity contribution in [2.75, 3.05) is 19.0 Å². The summed E-state index contributed by atoms with van der Waals surface area (Å²) < 4.78 is 23.4. The van der Waals surface area contributed by atoms with Crippen molar-refractivity contribution in [3.63, 3.8) is 0 Å². The highest BCUT2D eigenvalue weighted by molar-refractivity contribution is 6.03. The molecule has 0 atom stereocenters. The number of halogens is 1. The van der Waals surface area contributed by atoms with E-state index in [9.17, 15) is 14.0 Å². The summed E-state index contributed by atoms with van der Waals surface area (Å²) in [5, 5.41) is 4.62. The van der Waals surface area contributed by atoms with E-state index in [0.29, 0.717) is 11.3 Å². The van der Waals surface area contributed by atoms with Crippen LogP contribution in [0.2, 0.25) is 0 Å². The van der Waals surface area contributed by atoms with Crippen molar-refractivity contribution in [3.8, 4) is 5.75 Å². The first kappa shape index (κ1) is 19.1. The number of carbonyl (C=O) groups excluding carboxylic acids is 2. The molecule has 0 aliphatic heterocycles. The Labute approximate surface area is 161 Å². The SMILES string of the molecule is COc1ccc(/C=C/C(=O)OCC(=O)Nc2cccc3ccccc23)cc1F. The van der Waals surface area contributed by atoms with Crippen LogP contribution in [0.5, 0.6) is 5.75 Å². The molecule has 0 spiro atoms. The predicted molar refractivity (Wildman–Crippen MR) is 106 cm³/mol. The van der Waals surface area contributed by atoms with Crippen molar-refractivity contribution in [2.24, 2.45) is 0 Å². The number of rotatable bonds is 6. The van der Waals surface area contributed by atoms with Crippen LogP contribution in [-0.4, -0.2) is 25.6 Å². The first-order valence-electron chi connectivity index (χ1n) is 8.53. The van der Waals surface area contributed by atoms with E-state index in [2.05, 4.69) is 5.32 Å². The molecule has 0 aliphatic carbocycles. The van der Waals surface area contributed by atoms with Gasteiger partial charge in [-0.25, -0.2) is 9.18 Å². The van der Waals surface area contributed by atoms with Crippen LogP contribution in [0.25, 0.3) is 16.8 Å². The predicted octanol–water partition coefficient (Wildman–Crippen LogP) is 4.18. The molecular formula is C22H18FNO4. The third-order valence-electron chi connectivity index (χ3n) is 4.00. The number of ether oxygens (including phenoxy) is 2.